The monoisotopic (exact) mass is 157 g/mol. The molecule has 0 saturated carbocycles. The third-order valence-electron chi connectivity index (χ3n) is 2.29. The van der Waals surface area contributed by atoms with Gasteiger partial charge in [0.2, 0.25) is 0 Å². The number of hydrogen-bond donors (Lipinski definition) is 0. The lowest BCUT2D eigenvalue weighted by atomic mass is 10.2. The number of halogens is 1. The molecule has 11 heavy (non-hydrogen) atoms. The molecular weight excluding hydrogens is 141 g/mol. The van der Waals surface area contributed by atoms with Crippen LogP contribution in [0.5, 0.6) is 0 Å². The van der Waals surface area contributed by atoms with E-state index in [1.807, 2.05) is 4.90 Å². The molecule has 0 spiro atoms. The Morgan fingerprint density at radius 3 is 3.00 bits per heavy atom. The van der Waals surface area contributed by atoms with Crippen molar-refractivity contribution in [1.82, 2.24) is 4.90 Å². The van der Waals surface area contributed by atoms with Crippen molar-refractivity contribution >= 4 is 0 Å². The van der Waals surface area contributed by atoms with Gasteiger partial charge in [-0.1, -0.05) is 13.5 Å². The van der Waals surface area contributed by atoms with E-state index in [1.165, 1.54) is 6.08 Å². The topological polar surface area (TPSA) is 3.24 Å². The van der Waals surface area contributed by atoms with Crippen LogP contribution in [0.3, 0.4) is 0 Å². The van der Waals surface area contributed by atoms with Crippen molar-refractivity contribution in [3.8, 4) is 0 Å². The van der Waals surface area contributed by atoms with E-state index in [-0.39, 0.29) is 0 Å². The first-order chi connectivity index (χ1) is 5.23. The van der Waals surface area contributed by atoms with Gasteiger partial charge < -0.3 is 0 Å². The van der Waals surface area contributed by atoms with Gasteiger partial charge in [0, 0.05) is 19.5 Å². The van der Waals surface area contributed by atoms with Crippen molar-refractivity contribution in [3.63, 3.8) is 0 Å². The maximum absolute atomic E-state index is 13.7. The Kier molecular flexibility index (Phi) is 2.66. The second-order valence-electron chi connectivity index (χ2n) is 3.11. The van der Waals surface area contributed by atoms with Crippen LogP contribution in [-0.2, 0) is 0 Å². The molecule has 1 aliphatic heterocycles. The minimum atomic E-state index is -1.20. The Bertz CT molecular complexity index is 146. The highest BCUT2D eigenvalue weighted by Gasteiger charge is 2.37. The van der Waals surface area contributed by atoms with Gasteiger partial charge in [0.15, 0.2) is 5.79 Å². The second-order valence-corrected chi connectivity index (χ2v) is 3.11. The highest BCUT2D eigenvalue weighted by Crippen LogP contribution is 2.31. The predicted octanol–water partition coefficient (Wildman–Crippen LogP) is 2.34. The van der Waals surface area contributed by atoms with E-state index >= 15 is 0 Å². The lowest BCUT2D eigenvalue weighted by molar-refractivity contribution is 0.0492. The largest absolute Gasteiger partial charge is 0.268 e. The maximum atomic E-state index is 13.7. The minimum absolute atomic E-state index is 0.622. The summed E-state index contributed by atoms with van der Waals surface area (Å²) in [5, 5.41) is 0. The highest BCUT2D eigenvalue weighted by atomic mass is 19.1. The molecule has 0 aromatic heterocycles. The molecule has 1 fully saturated rings. The SMILES string of the molecule is C=CC1(F)CCCN1CCC. The van der Waals surface area contributed by atoms with Gasteiger partial charge in [0.05, 0.1) is 0 Å². The zero-order chi connectivity index (χ0) is 8.32. The average Bonchev–Trinajstić information content (AvgIpc) is 2.35. The van der Waals surface area contributed by atoms with Crippen molar-refractivity contribution in [3.05, 3.63) is 12.7 Å². The standard InChI is InChI=1S/C9H16FN/c1-3-7-11-8-5-6-9(11,10)4-2/h4H,2-3,5-8H2,1H3. The van der Waals surface area contributed by atoms with Crippen molar-refractivity contribution in [2.45, 2.75) is 32.0 Å². The number of likely N-dealkylation sites (tertiary alicyclic amines) is 1. The van der Waals surface area contributed by atoms with E-state index in [0.29, 0.717) is 6.42 Å². The van der Waals surface area contributed by atoms with Crippen LogP contribution in [-0.4, -0.2) is 23.8 Å². The molecule has 0 bridgehead atoms. The summed E-state index contributed by atoms with van der Waals surface area (Å²) in [6, 6.07) is 0. The molecule has 1 rings (SSSR count). The van der Waals surface area contributed by atoms with Gasteiger partial charge >= 0.3 is 0 Å². The molecule has 1 aliphatic rings. The predicted molar refractivity (Wildman–Crippen MR) is 45.1 cm³/mol. The minimum Gasteiger partial charge on any atom is -0.268 e. The molecule has 0 aromatic rings. The molecule has 1 heterocycles. The van der Waals surface area contributed by atoms with Crippen molar-refractivity contribution < 1.29 is 4.39 Å². The molecule has 0 aromatic carbocycles. The summed E-state index contributed by atoms with van der Waals surface area (Å²) < 4.78 is 13.7. The van der Waals surface area contributed by atoms with Crippen molar-refractivity contribution in [2.75, 3.05) is 13.1 Å². The van der Waals surface area contributed by atoms with Crippen LogP contribution in [0.1, 0.15) is 26.2 Å². The van der Waals surface area contributed by atoms with E-state index < -0.39 is 5.79 Å². The number of rotatable bonds is 3. The summed E-state index contributed by atoms with van der Waals surface area (Å²) in [6.45, 7) is 7.34. The summed E-state index contributed by atoms with van der Waals surface area (Å²) in [5.74, 6) is -1.20. The van der Waals surface area contributed by atoms with Crippen LogP contribution >= 0.6 is 0 Å². The fourth-order valence-corrected chi connectivity index (χ4v) is 1.66. The van der Waals surface area contributed by atoms with Gasteiger partial charge in [-0.3, -0.25) is 4.90 Å². The quantitative estimate of drug-likeness (QED) is 0.449. The normalized spacial score (nSPS) is 32.5. The third kappa shape index (κ3) is 1.62. The first kappa shape index (κ1) is 8.72. The molecular formula is C9H16FN. The Morgan fingerprint density at radius 2 is 2.45 bits per heavy atom. The van der Waals surface area contributed by atoms with Gasteiger partial charge in [0.25, 0.3) is 0 Å². The van der Waals surface area contributed by atoms with Crippen LogP contribution in [0.15, 0.2) is 12.7 Å². The molecule has 0 N–H and O–H groups in total. The average molecular weight is 157 g/mol. The van der Waals surface area contributed by atoms with Gasteiger partial charge in [-0.15, -0.1) is 0 Å². The number of nitrogens with zero attached hydrogens (tertiary/aromatic N) is 1. The number of alkyl halides is 1. The van der Waals surface area contributed by atoms with E-state index in [2.05, 4.69) is 13.5 Å². The molecule has 1 nitrogen and oxygen atoms in total. The van der Waals surface area contributed by atoms with Crippen LogP contribution in [0, 0.1) is 0 Å². The maximum Gasteiger partial charge on any atom is 0.182 e. The summed E-state index contributed by atoms with van der Waals surface area (Å²) in [6.07, 6.45) is 4.04. The van der Waals surface area contributed by atoms with Crippen molar-refractivity contribution in [1.29, 1.82) is 0 Å². The van der Waals surface area contributed by atoms with E-state index in [0.717, 1.165) is 25.9 Å². The van der Waals surface area contributed by atoms with Crippen molar-refractivity contribution in [2.24, 2.45) is 0 Å². The van der Waals surface area contributed by atoms with Crippen LogP contribution in [0.4, 0.5) is 4.39 Å². The Morgan fingerprint density at radius 1 is 1.73 bits per heavy atom. The Labute approximate surface area is 67.9 Å². The molecule has 0 radical (unpaired) electrons. The van der Waals surface area contributed by atoms with Gasteiger partial charge in [-0.25, -0.2) is 4.39 Å². The summed E-state index contributed by atoms with van der Waals surface area (Å²) in [7, 11) is 0. The van der Waals surface area contributed by atoms with E-state index in [4.69, 9.17) is 0 Å². The van der Waals surface area contributed by atoms with Crippen LogP contribution in [0.2, 0.25) is 0 Å². The first-order valence-corrected chi connectivity index (χ1v) is 4.30. The van der Waals surface area contributed by atoms with Crippen LogP contribution < -0.4 is 0 Å². The Balaban J connectivity index is 2.56. The summed E-state index contributed by atoms with van der Waals surface area (Å²) in [5.41, 5.74) is 0. The zero-order valence-electron chi connectivity index (χ0n) is 7.15. The Hall–Kier alpha value is -0.370. The summed E-state index contributed by atoms with van der Waals surface area (Å²) in [4.78, 5) is 1.88. The molecule has 1 unspecified atom stereocenters. The van der Waals surface area contributed by atoms with Gasteiger partial charge in [-0.05, 0) is 18.9 Å². The second kappa shape index (κ2) is 3.35. The summed E-state index contributed by atoms with van der Waals surface area (Å²) >= 11 is 0. The molecule has 64 valence electrons. The fraction of sp³-hybridized carbons (Fsp3) is 0.778. The first-order valence-electron chi connectivity index (χ1n) is 4.30. The third-order valence-corrected chi connectivity index (χ3v) is 2.29. The highest BCUT2D eigenvalue weighted by molar-refractivity contribution is 4.99. The molecule has 0 aliphatic carbocycles. The van der Waals surface area contributed by atoms with E-state index in [9.17, 15) is 4.39 Å². The molecule has 2 heteroatoms. The fourth-order valence-electron chi connectivity index (χ4n) is 1.66. The lowest BCUT2D eigenvalue weighted by Crippen LogP contribution is -2.38. The van der Waals surface area contributed by atoms with Crippen LogP contribution in [0.25, 0.3) is 0 Å². The number of hydrogen-bond acceptors (Lipinski definition) is 1. The van der Waals surface area contributed by atoms with Gasteiger partial charge in [0.1, 0.15) is 0 Å². The molecule has 1 atom stereocenters. The van der Waals surface area contributed by atoms with Gasteiger partial charge in [-0.2, -0.15) is 0 Å². The zero-order valence-corrected chi connectivity index (χ0v) is 7.15. The lowest BCUT2D eigenvalue weighted by Gasteiger charge is -2.27. The molecule has 0 amide bonds. The smallest absolute Gasteiger partial charge is 0.182 e. The van der Waals surface area contributed by atoms with E-state index in [1.54, 1.807) is 0 Å². The molecule has 1 saturated heterocycles.